The Morgan fingerprint density at radius 2 is 0.649 bits per heavy atom. The molecule has 0 fully saturated rings. The zero-order chi connectivity index (χ0) is 41.2. The topological polar surface area (TPSA) is 0 Å². The van der Waals surface area contributed by atoms with Gasteiger partial charge in [-0.3, -0.25) is 0 Å². The third-order valence-electron chi connectivity index (χ3n) is 14.9. The minimum atomic E-state index is -0.756. The summed E-state index contributed by atoms with van der Waals surface area (Å²) < 4.78 is 31.4. The molecule has 0 atom stereocenters. The van der Waals surface area contributed by atoms with Gasteiger partial charge >= 0.3 is 0 Å². The Hall–Kier alpha value is -3.75. The summed E-state index contributed by atoms with van der Waals surface area (Å²) in [7, 11) is 0. The number of fused-ring (bicyclic) bond motifs is 3. The third-order valence-corrected chi connectivity index (χ3v) is 15.3. The summed E-state index contributed by atoms with van der Waals surface area (Å²) >= 11 is 6.18. The molecule has 0 unspecified atom stereocenters. The van der Waals surface area contributed by atoms with Gasteiger partial charge in [-0.1, -0.05) is 149 Å². The molecular formula is C54H61ClF2. The second-order valence-corrected chi connectivity index (χ2v) is 22.2. The van der Waals surface area contributed by atoms with Gasteiger partial charge in [-0.2, -0.15) is 0 Å². The van der Waals surface area contributed by atoms with Crippen LogP contribution < -0.4 is 0 Å². The van der Waals surface area contributed by atoms with Crippen molar-refractivity contribution in [3.63, 3.8) is 0 Å². The van der Waals surface area contributed by atoms with E-state index in [0.717, 1.165) is 77.5 Å². The molecular weight excluding hydrogens is 722 g/mol. The van der Waals surface area contributed by atoms with Gasteiger partial charge in [0.05, 0.1) is 0 Å². The predicted octanol–water partition coefficient (Wildman–Crippen LogP) is 16.3. The molecule has 57 heavy (non-hydrogen) atoms. The monoisotopic (exact) mass is 782 g/mol. The van der Waals surface area contributed by atoms with Crippen LogP contribution in [-0.4, -0.2) is 0 Å². The van der Waals surface area contributed by atoms with E-state index >= 15 is 8.78 Å². The Morgan fingerprint density at radius 1 is 0.351 bits per heavy atom. The minimum absolute atomic E-state index is 0.0201. The Morgan fingerprint density at radius 3 is 1.00 bits per heavy atom. The van der Waals surface area contributed by atoms with Gasteiger partial charge in [0, 0.05) is 0 Å². The number of hydrogen-bond donors (Lipinski definition) is 0. The summed E-state index contributed by atoms with van der Waals surface area (Å²) in [5.41, 5.74) is 16.0. The number of halogens is 3. The van der Waals surface area contributed by atoms with Crippen LogP contribution in [0.4, 0.5) is 8.78 Å². The molecule has 0 aliphatic heterocycles. The number of hydrogen-bond acceptors (Lipinski definition) is 0. The predicted molar refractivity (Wildman–Crippen MR) is 239 cm³/mol. The van der Waals surface area contributed by atoms with Crippen LogP contribution in [0, 0.1) is 11.6 Å². The van der Waals surface area contributed by atoms with Crippen molar-refractivity contribution < 1.29 is 8.78 Å². The van der Waals surface area contributed by atoms with Crippen molar-refractivity contribution in [3.8, 4) is 44.5 Å². The van der Waals surface area contributed by atoms with Gasteiger partial charge < -0.3 is 0 Å². The van der Waals surface area contributed by atoms with Crippen LogP contribution in [0.5, 0.6) is 0 Å². The fraction of sp³-hybridized carbons (Fsp3) is 0.444. The Labute approximate surface area is 346 Å². The van der Waals surface area contributed by atoms with E-state index in [2.05, 4.69) is 150 Å². The van der Waals surface area contributed by atoms with Crippen LogP contribution in [0.1, 0.15) is 155 Å². The van der Waals surface area contributed by atoms with E-state index in [1.807, 2.05) is 0 Å². The van der Waals surface area contributed by atoms with Gasteiger partial charge in [0.25, 0.3) is 0 Å². The molecule has 0 nitrogen and oxygen atoms in total. The lowest BCUT2D eigenvalue weighted by Crippen LogP contribution is -2.33. The van der Waals surface area contributed by atoms with Gasteiger partial charge in [0.2, 0.25) is 0 Å². The van der Waals surface area contributed by atoms with Crippen LogP contribution in [0.3, 0.4) is 0 Å². The fourth-order valence-electron chi connectivity index (χ4n) is 10.6. The number of rotatable bonds is 4. The van der Waals surface area contributed by atoms with Crippen LogP contribution in [-0.2, 0) is 32.5 Å². The maximum absolute atomic E-state index is 15.7. The van der Waals surface area contributed by atoms with Crippen molar-refractivity contribution in [2.75, 3.05) is 0 Å². The quantitative estimate of drug-likeness (QED) is 0.159. The molecule has 0 saturated heterocycles. The molecule has 298 valence electrons. The van der Waals surface area contributed by atoms with E-state index in [9.17, 15) is 0 Å². The van der Waals surface area contributed by atoms with Gasteiger partial charge in [0.15, 0.2) is 0 Å². The molecule has 0 saturated carbocycles. The maximum Gasteiger partial charge on any atom is 0.145 e. The molecule has 0 amide bonds. The van der Waals surface area contributed by atoms with E-state index < -0.39 is 16.7 Å². The maximum atomic E-state index is 15.7. The van der Waals surface area contributed by atoms with E-state index in [4.69, 9.17) is 11.6 Å². The van der Waals surface area contributed by atoms with Crippen molar-refractivity contribution >= 4 is 11.6 Å². The Balaban J connectivity index is 1.49. The first-order valence-electron chi connectivity index (χ1n) is 21.2. The van der Waals surface area contributed by atoms with E-state index in [0.29, 0.717) is 5.56 Å². The molecule has 8 rings (SSSR count). The first kappa shape index (κ1) is 40.0. The van der Waals surface area contributed by atoms with Gasteiger partial charge in [-0.15, -0.1) is 0 Å². The summed E-state index contributed by atoms with van der Waals surface area (Å²) in [6, 6.07) is 28.4. The smallest absolute Gasteiger partial charge is 0.145 e. The molecule has 3 heteroatoms. The lowest BCUT2D eigenvalue weighted by molar-refractivity contribution is 0.332. The highest BCUT2D eigenvalue weighted by molar-refractivity contribution is 6.31. The van der Waals surface area contributed by atoms with Crippen LogP contribution in [0.15, 0.2) is 78.9 Å². The highest BCUT2D eigenvalue weighted by Gasteiger charge is 2.40. The summed E-state index contributed by atoms with van der Waals surface area (Å²) in [5, 5.41) is -0.478. The fourth-order valence-corrected chi connectivity index (χ4v) is 10.7. The largest absolute Gasteiger partial charge is 0.205 e. The zero-order valence-corrected chi connectivity index (χ0v) is 37.1. The number of benzene rings is 5. The molecule has 0 spiro atoms. The Kier molecular flexibility index (Phi) is 9.22. The van der Waals surface area contributed by atoms with E-state index in [1.165, 1.54) is 45.5 Å². The summed E-state index contributed by atoms with van der Waals surface area (Å²) in [5.74, 6) is -1.51. The highest BCUT2D eigenvalue weighted by Crippen LogP contribution is 2.53. The minimum Gasteiger partial charge on any atom is -0.205 e. The van der Waals surface area contributed by atoms with E-state index in [1.54, 1.807) is 0 Å². The first-order chi connectivity index (χ1) is 26.4. The van der Waals surface area contributed by atoms with Crippen LogP contribution in [0.2, 0.25) is 5.02 Å². The van der Waals surface area contributed by atoms with Crippen molar-refractivity contribution in [1.82, 2.24) is 0 Å². The highest BCUT2D eigenvalue weighted by atomic mass is 35.5. The second kappa shape index (κ2) is 13.1. The lowest BCUT2D eigenvalue weighted by Gasteiger charge is -2.42. The molecule has 0 aromatic heterocycles. The average molecular weight is 784 g/mol. The van der Waals surface area contributed by atoms with Crippen molar-refractivity contribution in [1.29, 1.82) is 0 Å². The molecule has 5 aromatic carbocycles. The van der Waals surface area contributed by atoms with Crippen LogP contribution >= 0.6 is 11.6 Å². The van der Waals surface area contributed by atoms with E-state index in [-0.39, 0.29) is 32.5 Å². The van der Waals surface area contributed by atoms with Crippen molar-refractivity contribution in [2.24, 2.45) is 0 Å². The molecule has 0 heterocycles. The van der Waals surface area contributed by atoms with Crippen molar-refractivity contribution in [3.05, 3.63) is 129 Å². The van der Waals surface area contributed by atoms with Gasteiger partial charge in [0.1, 0.15) is 16.7 Å². The third kappa shape index (κ3) is 6.71. The lowest BCUT2D eigenvalue weighted by atomic mass is 9.62. The van der Waals surface area contributed by atoms with Gasteiger partial charge in [-0.25, -0.2) is 8.78 Å². The average Bonchev–Trinajstić information content (AvgIpc) is 3.15. The zero-order valence-electron chi connectivity index (χ0n) is 36.4. The molecule has 5 aromatic rings. The molecule has 3 aliphatic rings. The summed E-state index contributed by atoms with van der Waals surface area (Å²) in [6.07, 6.45) is 6.70. The molecule has 0 bridgehead atoms. The first-order valence-corrected chi connectivity index (χ1v) is 21.6. The SMILES string of the molecule is CC1(C)CCC(C)(C)c2cc(-c3cc(-c4ccc5c(c4)C(C)(C)CCC5(C)C)c(-c4cc(F)c(Cl)c(F)c4)c(-c4ccc5c(c4)C(C)(C)CCC5(C)C)c3)ccc21. The van der Waals surface area contributed by atoms with Gasteiger partial charge in [-0.05, 0) is 173 Å². The molecule has 0 radical (unpaired) electrons. The van der Waals surface area contributed by atoms with Crippen molar-refractivity contribution in [2.45, 2.75) is 154 Å². The van der Waals surface area contributed by atoms with Crippen LogP contribution in [0.25, 0.3) is 44.5 Å². The summed E-state index contributed by atoms with van der Waals surface area (Å²) in [4.78, 5) is 0. The normalized spacial score (nSPS) is 20.6. The Bertz CT molecular complexity index is 2330. The summed E-state index contributed by atoms with van der Waals surface area (Å²) in [6.45, 7) is 28.3. The standard InChI is InChI=1S/C54H61ClF2/c1-49(2)19-22-52(7,8)42-27-32(13-16-39(42)49)35-25-37(33-14-17-40-43(28-33)53(9,10)23-20-50(40,3)4)47(36-30-45(56)48(55)46(57)31-36)38(26-35)34-15-18-41-44(29-34)54(11,12)24-21-51(41,5)6/h13-18,25-31H,19-24H2,1-12H3. The second-order valence-electron chi connectivity index (χ2n) is 21.8. The molecule has 3 aliphatic carbocycles. The molecule has 0 N–H and O–H groups in total.